The maximum atomic E-state index is 6.04. The van der Waals surface area contributed by atoms with E-state index in [1.54, 1.807) is 0 Å². The first-order chi connectivity index (χ1) is 12.5. The lowest BCUT2D eigenvalue weighted by Crippen LogP contribution is -2.39. The molecule has 5 heteroatoms. The number of ether oxygens (including phenoxy) is 1. The Balaban J connectivity index is 1.86. The normalized spacial score (nSPS) is 18.4. The number of rotatable bonds is 8. The first-order valence-corrected chi connectivity index (χ1v) is 9.83. The monoisotopic (exact) mass is 360 g/mol. The molecule has 26 heavy (non-hydrogen) atoms. The van der Waals surface area contributed by atoms with E-state index in [-0.39, 0.29) is 0 Å². The smallest absolute Gasteiger partial charge is 0.191 e. The summed E-state index contributed by atoms with van der Waals surface area (Å²) in [5, 5.41) is 6.89. The van der Waals surface area contributed by atoms with Crippen LogP contribution in [0.3, 0.4) is 0 Å². The molecule has 0 bridgehead atoms. The van der Waals surface area contributed by atoms with Crippen molar-refractivity contribution in [3.63, 3.8) is 0 Å². The van der Waals surface area contributed by atoms with Crippen LogP contribution in [0.25, 0.3) is 0 Å². The second kappa shape index (κ2) is 10.4. The minimum Gasteiger partial charge on any atom is -0.493 e. The Morgan fingerprint density at radius 3 is 2.81 bits per heavy atom. The second-order valence-electron chi connectivity index (χ2n) is 7.87. The number of nitrogens with one attached hydrogen (secondary N) is 2. The fraction of sp³-hybridized carbons (Fsp3) is 0.667. The number of benzene rings is 1. The van der Waals surface area contributed by atoms with Crippen molar-refractivity contribution in [3.05, 3.63) is 29.3 Å². The number of aliphatic imine (C=N–C) groups is 1. The van der Waals surface area contributed by atoms with E-state index in [2.05, 4.69) is 66.5 Å². The molecule has 0 saturated carbocycles. The first kappa shape index (κ1) is 20.6. The van der Waals surface area contributed by atoms with Gasteiger partial charge in [0.2, 0.25) is 0 Å². The molecule has 0 radical (unpaired) electrons. The number of hydrogen-bond acceptors (Lipinski definition) is 3. The summed E-state index contributed by atoms with van der Waals surface area (Å²) in [5.74, 6) is 3.19. The Morgan fingerprint density at radius 2 is 2.15 bits per heavy atom. The van der Waals surface area contributed by atoms with Crippen LogP contribution in [0.15, 0.2) is 23.2 Å². The Labute approximate surface area is 159 Å². The van der Waals surface area contributed by atoms with Crippen molar-refractivity contribution >= 4 is 5.96 Å². The van der Waals surface area contributed by atoms with Gasteiger partial charge in [-0.1, -0.05) is 26.0 Å². The average molecular weight is 361 g/mol. The molecule has 1 saturated heterocycles. The molecule has 2 rings (SSSR count). The Morgan fingerprint density at radius 1 is 1.35 bits per heavy atom. The molecular formula is C21H36N4O. The van der Waals surface area contributed by atoms with Gasteiger partial charge in [-0.15, -0.1) is 0 Å². The van der Waals surface area contributed by atoms with E-state index in [0.717, 1.165) is 37.8 Å². The molecule has 0 spiro atoms. The minimum absolute atomic E-state index is 0.652. The lowest BCUT2D eigenvalue weighted by Gasteiger charge is -2.17. The Bertz CT molecular complexity index is 585. The molecule has 1 atom stereocenters. The van der Waals surface area contributed by atoms with Gasteiger partial charge in [-0.2, -0.15) is 0 Å². The van der Waals surface area contributed by atoms with Gasteiger partial charge in [-0.3, -0.25) is 4.99 Å². The highest BCUT2D eigenvalue weighted by Crippen LogP contribution is 2.21. The van der Waals surface area contributed by atoms with E-state index in [9.17, 15) is 0 Å². The van der Waals surface area contributed by atoms with Crippen LogP contribution in [0.1, 0.15) is 37.8 Å². The van der Waals surface area contributed by atoms with Gasteiger partial charge in [-0.05, 0) is 56.8 Å². The van der Waals surface area contributed by atoms with E-state index in [1.165, 1.54) is 24.1 Å². The highest BCUT2D eigenvalue weighted by Gasteiger charge is 2.19. The molecule has 0 amide bonds. The standard InChI is InChI=1S/C21H36N4O/c1-16(2)9-11-26-20-12-17(3)6-7-19(20)14-24-21(22-4)23-13-18-8-10-25(5)15-18/h6-7,12,16,18H,8-11,13-15H2,1-5H3,(H2,22,23,24). The van der Waals surface area contributed by atoms with Gasteiger partial charge >= 0.3 is 0 Å². The Kier molecular flexibility index (Phi) is 8.23. The quantitative estimate of drug-likeness (QED) is 0.553. The predicted octanol–water partition coefficient (Wildman–Crippen LogP) is 3.04. The first-order valence-electron chi connectivity index (χ1n) is 9.83. The van der Waals surface area contributed by atoms with E-state index in [1.807, 2.05) is 7.05 Å². The molecule has 1 unspecified atom stereocenters. The highest BCUT2D eigenvalue weighted by molar-refractivity contribution is 5.79. The van der Waals surface area contributed by atoms with Crippen LogP contribution in [-0.4, -0.2) is 51.2 Å². The van der Waals surface area contributed by atoms with E-state index in [0.29, 0.717) is 18.4 Å². The molecule has 1 aliphatic heterocycles. The fourth-order valence-electron chi connectivity index (χ4n) is 3.18. The minimum atomic E-state index is 0.652. The van der Waals surface area contributed by atoms with Gasteiger partial charge in [0.15, 0.2) is 5.96 Å². The van der Waals surface area contributed by atoms with Crippen LogP contribution in [0.4, 0.5) is 0 Å². The van der Waals surface area contributed by atoms with Crippen molar-refractivity contribution in [2.24, 2.45) is 16.8 Å². The number of hydrogen-bond donors (Lipinski definition) is 2. The summed E-state index contributed by atoms with van der Waals surface area (Å²) in [5.41, 5.74) is 2.39. The van der Waals surface area contributed by atoms with Crippen molar-refractivity contribution < 1.29 is 4.74 Å². The molecule has 1 aliphatic rings. The van der Waals surface area contributed by atoms with Crippen molar-refractivity contribution in [3.8, 4) is 5.75 Å². The van der Waals surface area contributed by atoms with E-state index in [4.69, 9.17) is 4.74 Å². The number of guanidine groups is 1. The molecule has 5 nitrogen and oxygen atoms in total. The number of nitrogens with zero attached hydrogens (tertiary/aromatic N) is 2. The molecular weight excluding hydrogens is 324 g/mol. The number of aryl methyl sites for hydroxylation is 1. The largest absolute Gasteiger partial charge is 0.493 e. The van der Waals surface area contributed by atoms with Gasteiger partial charge < -0.3 is 20.3 Å². The lowest BCUT2D eigenvalue weighted by molar-refractivity contribution is 0.286. The fourth-order valence-corrected chi connectivity index (χ4v) is 3.18. The van der Waals surface area contributed by atoms with Crippen LogP contribution < -0.4 is 15.4 Å². The van der Waals surface area contributed by atoms with Crippen molar-refractivity contribution in [2.45, 2.75) is 40.2 Å². The summed E-state index contributed by atoms with van der Waals surface area (Å²) < 4.78 is 6.04. The topological polar surface area (TPSA) is 48.9 Å². The summed E-state index contributed by atoms with van der Waals surface area (Å²) in [6.45, 7) is 11.3. The van der Waals surface area contributed by atoms with Crippen LogP contribution in [-0.2, 0) is 6.54 Å². The predicted molar refractivity (Wildman–Crippen MR) is 110 cm³/mol. The highest BCUT2D eigenvalue weighted by atomic mass is 16.5. The van der Waals surface area contributed by atoms with Gasteiger partial charge in [0.05, 0.1) is 6.61 Å². The van der Waals surface area contributed by atoms with Crippen molar-refractivity contribution in [2.75, 3.05) is 40.3 Å². The molecule has 1 fully saturated rings. The third kappa shape index (κ3) is 6.87. The van der Waals surface area contributed by atoms with Crippen LogP contribution in [0, 0.1) is 18.8 Å². The maximum Gasteiger partial charge on any atom is 0.191 e. The van der Waals surface area contributed by atoms with E-state index < -0.39 is 0 Å². The molecule has 1 aromatic carbocycles. The molecule has 1 heterocycles. The van der Waals surface area contributed by atoms with Gasteiger partial charge in [0, 0.05) is 32.2 Å². The van der Waals surface area contributed by atoms with Gasteiger partial charge in [0.25, 0.3) is 0 Å². The van der Waals surface area contributed by atoms with Gasteiger partial charge in [-0.25, -0.2) is 0 Å². The van der Waals surface area contributed by atoms with Gasteiger partial charge in [0.1, 0.15) is 5.75 Å². The molecule has 0 aromatic heterocycles. The summed E-state index contributed by atoms with van der Waals surface area (Å²) in [6.07, 6.45) is 2.33. The van der Waals surface area contributed by atoms with Crippen LogP contribution in [0.2, 0.25) is 0 Å². The molecule has 146 valence electrons. The zero-order valence-corrected chi connectivity index (χ0v) is 17.1. The Hall–Kier alpha value is -1.75. The van der Waals surface area contributed by atoms with Crippen molar-refractivity contribution in [1.82, 2.24) is 15.5 Å². The third-order valence-electron chi connectivity index (χ3n) is 4.89. The summed E-state index contributed by atoms with van der Waals surface area (Å²) >= 11 is 0. The zero-order chi connectivity index (χ0) is 18.9. The molecule has 0 aliphatic carbocycles. The molecule has 1 aromatic rings. The maximum absolute atomic E-state index is 6.04. The summed E-state index contributed by atoms with van der Waals surface area (Å²) in [4.78, 5) is 6.74. The zero-order valence-electron chi connectivity index (χ0n) is 17.1. The SMILES string of the molecule is CN=C(NCc1ccc(C)cc1OCCC(C)C)NCC1CCN(C)C1. The van der Waals surface area contributed by atoms with Crippen LogP contribution in [0.5, 0.6) is 5.75 Å². The average Bonchev–Trinajstić information content (AvgIpc) is 3.01. The summed E-state index contributed by atoms with van der Waals surface area (Å²) in [6, 6.07) is 6.41. The van der Waals surface area contributed by atoms with Crippen molar-refractivity contribution in [1.29, 1.82) is 0 Å². The van der Waals surface area contributed by atoms with Crippen LogP contribution >= 0.6 is 0 Å². The lowest BCUT2D eigenvalue weighted by atomic mass is 10.1. The number of likely N-dealkylation sites (tertiary alicyclic amines) is 1. The third-order valence-corrected chi connectivity index (χ3v) is 4.89. The molecule has 2 N–H and O–H groups in total. The summed E-state index contributed by atoms with van der Waals surface area (Å²) in [7, 11) is 4.01. The van der Waals surface area contributed by atoms with E-state index >= 15 is 0 Å². The second-order valence-corrected chi connectivity index (χ2v) is 7.87.